The number of aromatic nitrogens is 1. The number of rotatable bonds is 13. The summed E-state index contributed by atoms with van der Waals surface area (Å²) in [6.07, 6.45) is 1.76. The molecule has 1 atom stereocenters. The summed E-state index contributed by atoms with van der Waals surface area (Å²) in [5.74, 6) is 1.03. The highest BCUT2D eigenvalue weighted by atomic mass is 32.1. The molecule has 0 fully saturated rings. The quantitative estimate of drug-likeness (QED) is 0.257. The molecule has 0 amide bonds. The van der Waals surface area contributed by atoms with Crippen LogP contribution in [0.3, 0.4) is 0 Å². The summed E-state index contributed by atoms with van der Waals surface area (Å²) >= 11 is 1.21. The SMILES string of the molecule is CCOC(=O)C1=C(C)N=c2s/c(=C\c3ccc(OCC(C)C)c(OC)c3)c(=O)n2[C@H]1c1ccc(OCC(=O)OC)c(OCC)c1. The molecule has 0 aliphatic carbocycles. The first-order chi connectivity index (χ1) is 21.6. The van der Waals surface area contributed by atoms with Crippen LogP contribution in [0.2, 0.25) is 0 Å². The average molecular weight is 639 g/mol. The maximum absolute atomic E-state index is 14.1. The number of hydrogen-bond acceptors (Lipinski definition) is 11. The van der Waals surface area contributed by atoms with Crippen LogP contribution in [0.4, 0.5) is 0 Å². The Morgan fingerprint density at radius 2 is 1.71 bits per heavy atom. The minimum absolute atomic E-state index is 0.149. The van der Waals surface area contributed by atoms with E-state index >= 15 is 0 Å². The third-order valence-electron chi connectivity index (χ3n) is 6.73. The lowest BCUT2D eigenvalue weighted by Crippen LogP contribution is -2.40. The van der Waals surface area contributed by atoms with Crippen LogP contribution < -0.4 is 33.8 Å². The summed E-state index contributed by atoms with van der Waals surface area (Å²) in [7, 11) is 2.84. The van der Waals surface area contributed by atoms with E-state index in [9.17, 15) is 14.4 Å². The molecule has 0 saturated carbocycles. The van der Waals surface area contributed by atoms with Crippen molar-refractivity contribution in [1.82, 2.24) is 4.57 Å². The van der Waals surface area contributed by atoms with Gasteiger partial charge in [-0.05, 0) is 68.2 Å². The monoisotopic (exact) mass is 638 g/mol. The highest BCUT2D eigenvalue weighted by Gasteiger charge is 2.34. The number of benzene rings is 2. The maximum Gasteiger partial charge on any atom is 0.343 e. The fourth-order valence-electron chi connectivity index (χ4n) is 4.69. The molecule has 45 heavy (non-hydrogen) atoms. The van der Waals surface area contributed by atoms with Gasteiger partial charge in [-0.15, -0.1) is 0 Å². The standard InChI is InChI=1S/C33H38N2O9S/c1-8-41-26-16-22(11-13-24(26)44-18-28(36)40-7)30-29(32(38)42-9-2)20(5)34-33-35(30)31(37)27(45-33)15-21-10-12-23(25(14-21)39-6)43-17-19(3)4/h10-16,19,30H,8-9,17-18H2,1-7H3/b27-15-/t30-/m0/s1. The lowest BCUT2D eigenvalue weighted by Gasteiger charge is -2.25. The third-order valence-corrected chi connectivity index (χ3v) is 7.71. The Labute approximate surface area is 265 Å². The van der Waals surface area contributed by atoms with E-state index in [0.29, 0.717) is 62.7 Å². The van der Waals surface area contributed by atoms with Gasteiger partial charge < -0.3 is 28.4 Å². The van der Waals surface area contributed by atoms with E-state index in [-0.39, 0.29) is 24.3 Å². The molecule has 0 spiro atoms. The number of methoxy groups -OCH3 is 2. The predicted octanol–water partition coefficient (Wildman–Crippen LogP) is 3.79. The Balaban J connectivity index is 1.85. The van der Waals surface area contributed by atoms with Gasteiger partial charge in [0.1, 0.15) is 0 Å². The molecule has 1 aromatic heterocycles. The van der Waals surface area contributed by atoms with Gasteiger partial charge in [0, 0.05) is 0 Å². The van der Waals surface area contributed by atoms with Gasteiger partial charge >= 0.3 is 11.9 Å². The van der Waals surface area contributed by atoms with Crippen molar-refractivity contribution in [3.05, 3.63) is 78.5 Å². The Hall–Kier alpha value is -4.58. The molecule has 1 aliphatic rings. The van der Waals surface area contributed by atoms with Crippen molar-refractivity contribution in [3.8, 4) is 23.0 Å². The van der Waals surface area contributed by atoms with E-state index in [4.69, 9.17) is 23.7 Å². The summed E-state index contributed by atoms with van der Waals surface area (Å²) in [5, 5.41) is 0. The lowest BCUT2D eigenvalue weighted by atomic mass is 9.95. The van der Waals surface area contributed by atoms with E-state index in [1.165, 1.54) is 23.0 Å². The zero-order chi connectivity index (χ0) is 32.7. The minimum Gasteiger partial charge on any atom is -0.493 e. The van der Waals surface area contributed by atoms with Crippen LogP contribution in [-0.4, -0.2) is 57.2 Å². The van der Waals surface area contributed by atoms with E-state index in [1.54, 1.807) is 45.2 Å². The number of nitrogens with zero attached hydrogens (tertiary/aromatic N) is 2. The van der Waals surface area contributed by atoms with E-state index < -0.39 is 18.0 Å². The second-order valence-electron chi connectivity index (χ2n) is 10.4. The van der Waals surface area contributed by atoms with Gasteiger partial charge in [-0.2, -0.15) is 0 Å². The van der Waals surface area contributed by atoms with Gasteiger partial charge in [0.05, 0.1) is 55.9 Å². The topological polar surface area (TPSA) is 124 Å². The summed E-state index contributed by atoms with van der Waals surface area (Å²) < 4.78 is 34.9. The van der Waals surface area contributed by atoms with Gasteiger partial charge in [0.2, 0.25) is 0 Å². The molecule has 11 nitrogen and oxygen atoms in total. The normalized spacial score (nSPS) is 14.5. The molecule has 2 aromatic carbocycles. The third kappa shape index (κ3) is 7.56. The van der Waals surface area contributed by atoms with Crippen LogP contribution in [0.15, 0.2) is 57.5 Å². The second-order valence-corrected chi connectivity index (χ2v) is 11.4. The molecule has 2 heterocycles. The number of carbonyl (C=O) groups excluding carboxylic acids is 2. The van der Waals surface area contributed by atoms with Gasteiger partial charge in [-0.25, -0.2) is 14.6 Å². The van der Waals surface area contributed by atoms with Crippen molar-refractivity contribution in [2.75, 3.05) is 40.6 Å². The fourth-order valence-corrected chi connectivity index (χ4v) is 5.73. The van der Waals surface area contributed by atoms with Crippen molar-refractivity contribution < 1.29 is 38.0 Å². The van der Waals surface area contributed by atoms with E-state index in [1.807, 2.05) is 25.1 Å². The molecular weight excluding hydrogens is 600 g/mol. The number of thiazole rings is 1. The number of carbonyl (C=O) groups is 2. The second kappa shape index (κ2) is 14.9. The highest BCUT2D eigenvalue weighted by molar-refractivity contribution is 7.07. The molecule has 4 rings (SSSR count). The summed E-state index contributed by atoms with van der Waals surface area (Å²) in [4.78, 5) is 44.1. The van der Waals surface area contributed by atoms with Crippen LogP contribution in [0.5, 0.6) is 23.0 Å². The van der Waals surface area contributed by atoms with Crippen molar-refractivity contribution in [2.45, 2.75) is 40.7 Å². The molecular formula is C33H38N2O9S. The first-order valence-corrected chi connectivity index (χ1v) is 15.4. The van der Waals surface area contributed by atoms with Crippen LogP contribution in [-0.2, 0) is 19.1 Å². The maximum atomic E-state index is 14.1. The molecule has 0 radical (unpaired) electrons. The smallest absolute Gasteiger partial charge is 0.343 e. The summed E-state index contributed by atoms with van der Waals surface area (Å²) in [6.45, 7) is 10.1. The van der Waals surface area contributed by atoms with Gasteiger partial charge in [0.25, 0.3) is 5.56 Å². The van der Waals surface area contributed by atoms with Crippen LogP contribution in [0, 0.1) is 5.92 Å². The Morgan fingerprint density at radius 3 is 2.38 bits per heavy atom. The Morgan fingerprint density at radius 1 is 0.978 bits per heavy atom. The lowest BCUT2D eigenvalue weighted by molar-refractivity contribution is -0.143. The molecule has 0 bridgehead atoms. The van der Waals surface area contributed by atoms with Crippen molar-refractivity contribution in [2.24, 2.45) is 10.9 Å². The van der Waals surface area contributed by atoms with Crippen molar-refractivity contribution >= 4 is 29.4 Å². The van der Waals surface area contributed by atoms with Crippen molar-refractivity contribution in [1.29, 1.82) is 0 Å². The number of ether oxygens (including phenoxy) is 6. The molecule has 3 aromatic rings. The first kappa shape index (κ1) is 33.3. The van der Waals surface area contributed by atoms with Gasteiger partial charge in [-0.3, -0.25) is 9.36 Å². The molecule has 12 heteroatoms. The number of fused-ring (bicyclic) bond motifs is 1. The van der Waals surface area contributed by atoms with Crippen LogP contribution >= 0.6 is 11.3 Å². The zero-order valence-electron chi connectivity index (χ0n) is 26.5. The van der Waals surface area contributed by atoms with Crippen LogP contribution in [0.25, 0.3) is 6.08 Å². The van der Waals surface area contributed by atoms with E-state index in [0.717, 1.165) is 5.56 Å². The molecule has 0 unspecified atom stereocenters. The van der Waals surface area contributed by atoms with Crippen LogP contribution in [0.1, 0.15) is 51.8 Å². The number of allylic oxidation sites excluding steroid dienone is 1. The summed E-state index contributed by atoms with van der Waals surface area (Å²) in [6, 6.07) is 9.65. The van der Waals surface area contributed by atoms with Crippen molar-refractivity contribution in [3.63, 3.8) is 0 Å². The molecule has 240 valence electrons. The predicted molar refractivity (Wildman–Crippen MR) is 169 cm³/mol. The van der Waals surface area contributed by atoms with Gasteiger partial charge in [-0.1, -0.05) is 37.3 Å². The fraction of sp³-hybridized carbons (Fsp3) is 0.394. The molecule has 1 aliphatic heterocycles. The highest BCUT2D eigenvalue weighted by Crippen LogP contribution is 2.36. The van der Waals surface area contributed by atoms with Gasteiger partial charge in [0.15, 0.2) is 34.4 Å². The number of esters is 2. The van der Waals surface area contributed by atoms with E-state index in [2.05, 4.69) is 23.6 Å². The average Bonchev–Trinajstić information content (AvgIpc) is 3.32. The molecule has 0 saturated heterocycles. The largest absolute Gasteiger partial charge is 0.493 e. The first-order valence-electron chi connectivity index (χ1n) is 14.6. The molecule has 0 N–H and O–H groups in total. The number of hydrogen-bond donors (Lipinski definition) is 0. The zero-order valence-corrected chi connectivity index (χ0v) is 27.3. The Kier molecular flexibility index (Phi) is 11.1. The Bertz CT molecular complexity index is 1770. The summed E-state index contributed by atoms with van der Waals surface area (Å²) in [5.41, 5.74) is 1.64. The minimum atomic E-state index is -0.863.